The minimum Gasteiger partial charge on any atom is -0.330 e. The van der Waals surface area contributed by atoms with E-state index in [0.717, 1.165) is 42.1 Å². The van der Waals surface area contributed by atoms with Crippen molar-refractivity contribution in [3.05, 3.63) is 46.9 Å². The highest BCUT2D eigenvalue weighted by atomic mass is 15.1. The fraction of sp³-hybridized carbons (Fsp3) is 0.444. The van der Waals surface area contributed by atoms with E-state index in [-0.39, 0.29) is 0 Å². The standard InChI is InChI=1S/C18H26N4/c1-5-15(9-10-19)8-7-11-22-16(6-2)21-17-13(3)12-14(4)20-18(17)22/h5,7-8,12H,6,9-11,19H2,1-4H3/b8-7-,15-5+. The van der Waals surface area contributed by atoms with E-state index < -0.39 is 0 Å². The Bertz CT molecular complexity index is 707. The molecule has 2 aromatic rings. The van der Waals surface area contributed by atoms with Gasteiger partial charge in [0.1, 0.15) is 11.3 Å². The maximum atomic E-state index is 5.62. The third-order valence-corrected chi connectivity index (χ3v) is 3.84. The number of allylic oxidation sites excluding steroid dienone is 3. The van der Waals surface area contributed by atoms with Crippen LogP contribution < -0.4 is 5.73 Å². The molecule has 118 valence electrons. The van der Waals surface area contributed by atoms with E-state index in [1.54, 1.807) is 0 Å². The average Bonchev–Trinajstić information content (AvgIpc) is 2.84. The Labute approximate surface area is 132 Å². The van der Waals surface area contributed by atoms with E-state index in [4.69, 9.17) is 15.7 Å². The molecule has 0 aliphatic heterocycles. The predicted molar refractivity (Wildman–Crippen MR) is 92.9 cm³/mol. The van der Waals surface area contributed by atoms with E-state index >= 15 is 0 Å². The highest BCUT2D eigenvalue weighted by Gasteiger charge is 2.12. The minimum atomic E-state index is 0.679. The van der Waals surface area contributed by atoms with Gasteiger partial charge in [0.15, 0.2) is 5.65 Å². The number of aromatic nitrogens is 3. The molecule has 4 heteroatoms. The van der Waals surface area contributed by atoms with Crippen LogP contribution in [0.1, 0.15) is 37.4 Å². The molecule has 22 heavy (non-hydrogen) atoms. The first-order chi connectivity index (χ1) is 10.6. The second-order valence-electron chi connectivity index (χ2n) is 5.55. The van der Waals surface area contributed by atoms with Gasteiger partial charge in [-0.1, -0.05) is 30.7 Å². The number of rotatable bonds is 6. The van der Waals surface area contributed by atoms with Gasteiger partial charge < -0.3 is 10.3 Å². The third kappa shape index (κ3) is 3.45. The van der Waals surface area contributed by atoms with E-state index in [0.29, 0.717) is 6.54 Å². The maximum absolute atomic E-state index is 5.62. The normalized spacial score (nSPS) is 12.7. The summed E-state index contributed by atoms with van der Waals surface area (Å²) >= 11 is 0. The van der Waals surface area contributed by atoms with E-state index in [1.807, 2.05) is 13.8 Å². The molecule has 0 bridgehead atoms. The molecule has 2 aromatic heterocycles. The summed E-state index contributed by atoms with van der Waals surface area (Å²) in [6.45, 7) is 9.78. The number of hydrogen-bond acceptors (Lipinski definition) is 3. The van der Waals surface area contributed by atoms with Crippen LogP contribution >= 0.6 is 0 Å². The number of hydrogen-bond donors (Lipinski definition) is 1. The third-order valence-electron chi connectivity index (χ3n) is 3.84. The molecular weight excluding hydrogens is 272 g/mol. The van der Waals surface area contributed by atoms with Crippen molar-refractivity contribution in [3.63, 3.8) is 0 Å². The zero-order valence-corrected chi connectivity index (χ0v) is 14.1. The van der Waals surface area contributed by atoms with Crippen molar-refractivity contribution in [2.75, 3.05) is 6.54 Å². The molecule has 0 saturated carbocycles. The fourth-order valence-corrected chi connectivity index (χ4v) is 2.71. The monoisotopic (exact) mass is 298 g/mol. The summed E-state index contributed by atoms with van der Waals surface area (Å²) in [4.78, 5) is 9.45. The lowest BCUT2D eigenvalue weighted by atomic mass is 10.1. The van der Waals surface area contributed by atoms with Crippen molar-refractivity contribution in [2.24, 2.45) is 5.73 Å². The van der Waals surface area contributed by atoms with Gasteiger partial charge in [0.05, 0.1) is 0 Å². The predicted octanol–water partition coefficient (Wildman–Crippen LogP) is 3.46. The Morgan fingerprint density at radius 1 is 1.32 bits per heavy atom. The van der Waals surface area contributed by atoms with Crippen LogP contribution in [0.4, 0.5) is 0 Å². The summed E-state index contributed by atoms with van der Waals surface area (Å²) in [5.74, 6) is 1.08. The van der Waals surface area contributed by atoms with Crippen LogP contribution in [0, 0.1) is 13.8 Å². The smallest absolute Gasteiger partial charge is 0.160 e. The van der Waals surface area contributed by atoms with Crippen LogP contribution in [-0.2, 0) is 13.0 Å². The largest absolute Gasteiger partial charge is 0.330 e. The van der Waals surface area contributed by atoms with Crippen molar-refractivity contribution in [2.45, 2.75) is 47.1 Å². The zero-order chi connectivity index (χ0) is 16.1. The Kier molecular flexibility index (Phi) is 5.50. The first kappa shape index (κ1) is 16.4. The second-order valence-corrected chi connectivity index (χ2v) is 5.55. The molecule has 0 fully saturated rings. The molecule has 0 saturated heterocycles. The minimum absolute atomic E-state index is 0.679. The summed E-state index contributed by atoms with van der Waals surface area (Å²) in [5.41, 5.74) is 11.1. The number of pyridine rings is 1. The van der Waals surface area contributed by atoms with E-state index in [1.165, 1.54) is 11.1 Å². The molecule has 0 amide bonds. The van der Waals surface area contributed by atoms with Gasteiger partial charge in [-0.2, -0.15) is 0 Å². The van der Waals surface area contributed by atoms with Gasteiger partial charge in [0.25, 0.3) is 0 Å². The number of imidazole rings is 1. The van der Waals surface area contributed by atoms with Crippen LogP contribution in [0.15, 0.2) is 29.9 Å². The van der Waals surface area contributed by atoms with E-state index in [2.05, 4.69) is 42.7 Å². The molecule has 0 aliphatic rings. The van der Waals surface area contributed by atoms with Crippen LogP contribution in [-0.4, -0.2) is 21.1 Å². The highest BCUT2D eigenvalue weighted by Crippen LogP contribution is 2.19. The maximum Gasteiger partial charge on any atom is 0.160 e. The Hall–Kier alpha value is -1.94. The Balaban J connectivity index is 2.36. The highest BCUT2D eigenvalue weighted by molar-refractivity contribution is 5.75. The molecule has 0 aliphatic carbocycles. The average molecular weight is 298 g/mol. The summed E-state index contributed by atoms with van der Waals surface area (Å²) in [6, 6.07) is 2.09. The molecule has 0 aromatic carbocycles. The first-order valence-corrected chi connectivity index (χ1v) is 7.95. The Morgan fingerprint density at radius 3 is 2.73 bits per heavy atom. The van der Waals surface area contributed by atoms with E-state index in [9.17, 15) is 0 Å². The summed E-state index contributed by atoms with van der Waals surface area (Å²) in [6.07, 6.45) is 8.25. The number of aryl methyl sites for hydroxylation is 3. The van der Waals surface area contributed by atoms with Crippen LogP contribution in [0.5, 0.6) is 0 Å². The molecule has 4 nitrogen and oxygen atoms in total. The van der Waals surface area contributed by atoms with Crippen molar-refractivity contribution in [1.82, 2.24) is 14.5 Å². The lowest BCUT2D eigenvalue weighted by Gasteiger charge is -2.05. The van der Waals surface area contributed by atoms with Gasteiger partial charge in [-0.3, -0.25) is 0 Å². The molecule has 0 spiro atoms. The summed E-state index contributed by atoms with van der Waals surface area (Å²) in [5, 5.41) is 0. The number of fused-ring (bicyclic) bond motifs is 1. The van der Waals surface area contributed by atoms with Crippen LogP contribution in [0.2, 0.25) is 0 Å². The molecule has 0 atom stereocenters. The molecular formula is C18H26N4. The first-order valence-electron chi connectivity index (χ1n) is 7.95. The molecule has 0 radical (unpaired) electrons. The quantitative estimate of drug-likeness (QED) is 0.831. The lowest BCUT2D eigenvalue weighted by molar-refractivity contribution is 0.760. The summed E-state index contributed by atoms with van der Waals surface area (Å²) < 4.78 is 2.21. The zero-order valence-electron chi connectivity index (χ0n) is 14.1. The van der Waals surface area contributed by atoms with Crippen molar-refractivity contribution < 1.29 is 0 Å². The topological polar surface area (TPSA) is 56.7 Å². The van der Waals surface area contributed by atoms with Gasteiger partial charge in [-0.05, 0) is 45.4 Å². The lowest BCUT2D eigenvalue weighted by Crippen LogP contribution is -2.03. The second kappa shape index (κ2) is 7.36. The summed E-state index contributed by atoms with van der Waals surface area (Å²) in [7, 11) is 0. The van der Waals surface area contributed by atoms with Crippen molar-refractivity contribution in [1.29, 1.82) is 0 Å². The van der Waals surface area contributed by atoms with Gasteiger partial charge in [-0.15, -0.1) is 0 Å². The van der Waals surface area contributed by atoms with Crippen molar-refractivity contribution in [3.8, 4) is 0 Å². The van der Waals surface area contributed by atoms with Crippen LogP contribution in [0.3, 0.4) is 0 Å². The fourth-order valence-electron chi connectivity index (χ4n) is 2.71. The number of nitrogens with zero attached hydrogens (tertiary/aromatic N) is 3. The molecule has 2 heterocycles. The Morgan fingerprint density at radius 2 is 2.09 bits per heavy atom. The molecule has 0 unspecified atom stereocenters. The van der Waals surface area contributed by atoms with Crippen LogP contribution in [0.25, 0.3) is 11.2 Å². The van der Waals surface area contributed by atoms with Crippen molar-refractivity contribution >= 4 is 11.2 Å². The van der Waals surface area contributed by atoms with Gasteiger partial charge >= 0.3 is 0 Å². The molecule has 2 rings (SSSR count). The van der Waals surface area contributed by atoms with Gasteiger partial charge in [-0.25, -0.2) is 9.97 Å². The number of nitrogens with two attached hydrogens (primary N) is 1. The van der Waals surface area contributed by atoms with Gasteiger partial charge in [0.2, 0.25) is 0 Å². The van der Waals surface area contributed by atoms with Gasteiger partial charge in [0, 0.05) is 18.7 Å². The SMILES string of the molecule is C/C=C(\C=C/Cn1c(CC)nc2c(C)cc(C)nc21)CCN. The molecule has 2 N–H and O–H groups in total.